The van der Waals surface area contributed by atoms with Crippen LogP contribution in [0.4, 0.5) is 0 Å². The second-order valence-electron chi connectivity index (χ2n) is 3.09. The molecule has 1 nitrogen and oxygen atoms in total. The summed E-state index contributed by atoms with van der Waals surface area (Å²) in [4.78, 5) is 0. The minimum absolute atomic E-state index is 0. The first-order valence-electron chi connectivity index (χ1n) is 5.05. The molecule has 0 bridgehead atoms. The number of nitrogens with zero attached hydrogens (tertiary/aromatic N) is 1. The Morgan fingerprint density at radius 1 is 0.750 bits per heavy atom. The predicted octanol–water partition coefficient (Wildman–Crippen LogP) is 0.744. The van der Waals surface area contributed by atoms with E-state index < -0.39 is 0 Å². The first kappa shape index (κ1) is 15.4. The van der Waals surface area contributed by atoms with Crippen molar-refractivity contribution in [2.24, 2.45) is 0 Å². The minimum Gasteiger partial charge on any atom is -0.662 e. The van der Waals surface area contributed by atoms with E-state index in [0.717, 1.165) is 13.1 Å². The summed E-state index contributed by atoms with van der Waals surface area (Å²) in [5.74, 6) is 0. The molecule has 0 aromatic heterocycles. The quantitative estimate of drug-likeness (QED) is 0.385. The molecule has 0 saturated heterocycles. The summed E-state index contributed by atoms with van der Waals surface area (Å²) in [6, 6.07) is 0. The molecule has 0 radical (unpaired) electrons. The molecule has 0 aliphatic rings. The summed E-state index contributed by atoms with van der Waals surface area (Å²) in [7, 11) is 0. The third-order valence-corrected chi connectivity index (χ3v) is 1.84. The van der Waals surface area contributed by atoms with Gasteiger partial charge in [-0.2, -0.15) is 0 Å². The fourth-order valence-corrected chi connectivity index (χ4v) is 1.06. The largest absolute Gasteiger partial charge is 1.00 e. The molecule has 0 aromatic rings. The second-order valence-corrected chi connectivity index (χ2v) is 3.09. The number of hydrogen-bond acceptors (Lipinski definition) is 0. The van der Waals surface area contributed by atoms with E-state index in [1.807, 2.05) is 0 Å². The summed E-state index contributed by atoms with van der Waals surface area (Å²) in [5.41, 5.74) is 0. The van der Waals surface area contributed by atoms with Crippen LogP contribution in [0, 0.1) is 0 Å². The van der Waals surface area contributed by atoms with Crippen LogP contribution >= 0.6 is 0 Å². The summed E-state index contributed by atoms with van der Waals surface area (Å²) in [5, 5.41) is 4.45. The van der Waals surface area contributed by atoms with E-state index in [1.165, 1.54) is 38.5 Å². The Balaban J connectivity index is 0. The maximum atomic E-state index is 4.45. The Morgan fingerprint density at radius 3 is 1.50 bits per heavy atom. The molecule has 0 aromatic carbocycles. The SMILES string of the molecule is CCCCC[N-]CCCCC.[Na+]. The fraction of sp³-hybridized carbons (Fsp3) is 1.00. The maximum Gasteiger partial charge on any atom is 1.00 e. The van der Waals surface area contributed by atoms with E-state index in [1.54, 1.807) is 0 Å². The van der Waals surface area contributed by atoms with Crippen LogP contribution in [0.5, 0.6) is 0 Å². The van der Waals surface area contributed by atoms with Crippen molar-refractivity contribution in [2.45, 2.75) is 52.4 Å². The van der Waals surface area contributed by atoms with Crippen LogP contribution in [0.25, 0.3) is 5.32 Å². The van der Waals surface area contributed by atoms with E-state index in [9.17, 15) is 0 Å². The van der Waals surface area contributed by atoms with Crippen molar-refractivity contribution < 1.29 is 29.6 Å². The molecular formula is C10H22NNa. The van der Waals surface area contributed by atoms with Gasteiger partial charge in [-0.1, -0.05) is 52.4 Å². The number of unbranched alkanes of at least 4 members (excludes halogenated alkanes) is 4. The average molecular weight is 179 g/mol. The Hall–Kier alpha value is 0.960. The van der Waals surface area contributed by atoms with Gasteiger partial charge in [0.25, 0.3) is 0 Å². The van der Waals surface area contributed by atoms with Crippen LogP contribution in [-0.2, 0) is 0 Å². The standard InChI is InChI=1S/C10H22N.Na/c1-3-5-7-9-11-10-8-6-4-2;/h3-10H2,1-2H3;/q-1;+1. The molecule has 12 heavy (non-hydrogen) atoms. The number of hydrogen-bond donors (Lipinski definition) is 0. The van der Waals surface area contributed by atoms with Gasteiger partial charge in [-0.3, -0.25) is 0 Å². The maximum absolute atomic E-state index is 4.45. The van der Waals surface area contributed by atoms with Crippen LogP contribution in [0.3, 0.4) is 0 Å². The van der Waals surface area contributed by atoms with Gasteiger partial charge in [0.1, 0.15) is 0 Å². The van der Waals surface area contributed by atoms with Crippen LogP contribution in [0.1, 0.15) is 52.4 Å². The molecule has 0 unspecified atom stereocenters. The Morgan fingerprint density at radius 2 is 1.17 bits per heavy atom. The van der Waals surface area contributed by atoms with Gasteiger partial charge in [-0.15, -0.1) is 13.1 Å². The van der Waals surface area contributed by atoms with Gasteiger partial charge in [0, 0.05) is 0 Å². The van der Waals surface area contributed by atoms with Crippen LogP contribution in [-0.4, -0.2) is 13.1 Å². The van der Waals surface area contributed by atoms with Crippen molar-refractivity contribution in [1.82, 2.24) is 0 Å². The van der Waals surface area contributed by atoms with Crippen molar-refractivity contribution in [3.05, 3.63) is 5.32 Å². The molecule has 0 saturated carbocycles. The minimum atomic E-state index is 0. The van der Waals surface area contributed by atoms with E-state index in [0.29, 0.717) is 0 Å². The zero-order valence-corrected chi connectivity index (χ0v) is 11.1. The monoisotopic (exact) mass is 179 g/mol. The zero-order valence-electron chi connectivity index (χ0n) is 9.10. The molecule has 0 aliphatic heterocycles. The molecule has 0 heterocycles. The van der Waals surface area contributed by atoms with Crippen molar-refractivity contribution in [1.29, 1.82) is 0 Å². The summed E-state index contributed by atoms with van der Waals surface area (Å²) in [6.45, 7) is 6.66. The van der Waals surface area contributed by atoms with Gasteiger partial charge in [-0.05, 0) is 0 Å². The van der Waals surface area contributed by atoms with Gasteiger partial charge in [0.2, 0.25) is 0 Å². The molecule has 2 heteroatoms. The third-order valence-electron chi connectivity index (χ3n) is 1.84. The van der Waals surface area contributed by atoms with Gasteiger partial charge < -0.3 is 5.32 Å². The summed E-state index contributed by atoms with van der Waals surface area (Å²) >= 11 is 0. The first-order valence-corrected chi connectivity index (χ1v) is 5.05. The van der Waals surface area contributed by atoms with Crippen LogP contribution < -0.4 is 29.6 Å². The average Bonchev–Trinajstić information content (AvgIpc) is 2.03. The molecular weight excluding hydrogens is 157 g/mol. The zero-order chi connectivity index (χ0) is 8.36. The molecule has 0 N–H and O–H groups in total. The summed E-state index contributed by atoms with van der Waals surface area (Å²) in [6.07, 6.45) is 7.90. The second kappa shape index (κ2) is 14.5. The Bertz CT molecular complexity index is 58.9. The Kier molecular flexibility index (Phi) is 18.6. The third kappa shape index (κ3) is 13.5. The van der Waals surface area contributed by atoms with Crippen molar-refractivity contribution in [3.63, 3.8) is 0 Å². The smallest absolute Gasteiger partial charge is 0.662 e. The molecule has 0 rings (SSSR count). The topological polar surface area (TPSA) is 14.1 Å². The van der Waals surface area contributed by atoms with Gasteiger partial charge in [0.15, 0.2) is 0 Å². The van der Waals surface area contributed by atoms with E-state index >= 15 is 0 Å². The van der Waals surface area contributed by atoms with Crippen LogP contribution in [0.15, 0.2) is 0 Å². The van der Waals surface area contributed by atoms with Crippen molar-refractivity contribution >= 4 is 0 Å². The van der Waals surface area contributed by atoms with Crippen molar-refractivity contribution in [3.8, 4) is 0 Å². The molecule has 0 aliphatic carbocycles. The normalized spacial score (nSPS) is 9.50. The number of rotatable bonds is 8. The van der Waals surface area contributed by atoms with Crippen LogP contribution in [0.2, 0.25) is 0 Å². The molecule has 0 spiro atoms. The molecule has 0 fully saturated rings. The van der Waals surface area contributed by atoms with Gasteiger partial charge in [-0.25, -0.2) is 0 Å². The summed E-state index contributed by atoms with van der Waals surface area (Å²) < 4.78 is 0. The van der Waals surface area contributed by atoms with Gasteiger partial charge in [0.05, 0.1) is 0 Å². The molecule has 0 atom stereocenters. The molecule has 0 amide bonds. The first-order chi connectivity index (χ1) is 5.41. The van der Waals surface area contributed by atoms with E-state index in [4.69, 9.17) is 0 Å². The predicted molar refractivity (Wildman–Crippen MR) is 52.1 cm³/mol. The van der Waals surface area contributed by atoms with Crippen molar-refractivity contribution in [2.75, 3.05) is 13.1 Å². The van der Waals surface area contributed by atoms with E-state index in [2.05, 4.69) is 19.2 Å². The van der Waals surface area contributed by atoms with Gasteiger partial charge >= 0.3 is 29.6 Å². The molecule has 68 valence electrons. The fourth-order valence-electron chi connectivity index (χ4n) is 1.06. The van der Waals surface area contributed by atoms with E-state index in [-0.39, 0.29) is 29.6 Å². The Labute approximate surface area is 100.0 Å².